The first-order valence-corrected chi connectivity index (χ1v) is 11.9. The van der Waals surface area contributed by atoms with E-state index in [1.165, 1.54) is 30.5 Å². The Hall–Kier alpha value is -4.79. The molecule has 9 heteroatoms. The number of carbonyl (C=O) groups is 1. The molecule has 8 nitrogen and oxygen atoms in total. The number of rotatable bonds is 7. The molecule has 2 N–H and O–H groups in total. The molecule has 4 aromatic rings. The summed E-state index contributed by atoms with van der Waals surface area (Å²) >= 11 is 0. The van der Waals surface area contributed by atoms with Crippen LogP contribution in [0.4, 0.5) is 15.9 Å². The Bertz CT molecular complexity index is 1510. The van der Waals surface area contributed by atoms with Crippen LogP contribution in [0, 0.1) is 12.7 Å². The Balaban J connectivity index is 1.62. The van der Waals surface area contributed by atoms with E-state index >= 15 is 0 Å². The Morgan fingerprint density at radius 3 is 2.32 bits per heavy atom. The van der Waals surface area contributed by atoms with Gasteiger partial charge in [0, 0.05) is 16.9 Å². The highest BCUT2D eigenvalue weighted by molar-refractivity contribution is 6.08. The van der Waals surface area contributed by atoms with E-state index in [1.807, 2.05) is 49.4 Å². The molecule has 0 bridgehead atoms. The first kappa shape index (κ1) is 24.9. The molecule has 0 spiro atoms. The lowest BCUT2D eigenvalue weighted by molar-refractivity contribution is 0.102. The molecule has 0 radical (unpaired) electrons. The zero-order chi connectivity index (χ0) is 26.8. The summed E-state index contributed by atoms with van der Waals surface area (Å²) in [6.07, 6.45) is 3.53. The number of aryl methyl sites for hydroxylation is 1. The second-order valence-electron chi connectivity index (χ2n) is 8.75. The van der Waals surface area contributed by atoms with Gasteiger partial charge in [0.15, 0.2) is 11.5 Å². The average Bonchev–Trinajstić information content (AvgIpc) is 3.37. The maximum Gasteiger partial charge on any atom is 0.261 e. The van der Waals surface area contributed by atoms with E-state index in [0.717, 1.165) is 22.4 Å². The molecule has 1 aliphatic heterocycles. The summed E-state index contributed by atoms with van der Waals surface area (Å²) in [5, 5.41) is 10.8. The summed E-state index contributed by atoms with van der Waals surface area (Å²) in [6.45, 7) is 2.02. The van der Waals surface area contributed by atoms with E-state index in [1.54, 1.807) is 26.0 Å². The van der Waals surface area contributed by atoms with Crippen LogP contribution < -0.4 is 24.8 Å². The van der Waals surface area contributed by atoms with Gasteiger partial charge in [0.25, 0.3) is 5.91 Å². The van der Waals surface area contributed by atoms with Crippen molar-refractivity contribution in [3.05, 3.63) is 101 Å². The topological polar surface area (TPSA) is 86.6 Å². The van der Waals surface area contributed by atoms with Gasteiger partial charge in [-0.3, -0.25) is 4.79 Å². The van der Waals surface area contributed by atoms with Crippen LogP contribution in [0.1, 0.15) is 33.1 Å². The molecule has 1 atom stereocenters. The number of amides is 1. The van der Waals surface area contributed by atoms with E-state index < -0.39 is 6.04 Å². The molecule has 0 saturated heterocycles. The molecule has 0 saturated carbocycles. The van der Waals surface area contributed by atoms with Crippen LogP contribution in [0.25, 0.3) is 5.70 Å². The molecule has 194 valence electrons. The van der Waals surface area contributed by atoms with Crippen molar-refractivity contribution in [2.24, 2.45) is 0 Å². The Morgan fingerprint density at radius 2 is 1.66 bits per heavy atom. The fourth-order valence-corrected chi connectivity index (χ4v) is 4.47. The molecule has 5 rings (SSSR count). The summed E-state index contributed by atoms with van der Waals surface area (Å²) < 4.78 is 31.9. The zero-order valence-electron chi connectivity index (χ0n) is 21.4. The number of benzene rings is 3. The zero-order valence-corrected chi connectivity index (χ0v) is 21.4. The predicted molar refractivity (Wildman–Crippen MR) is 144 cm³/mol. The molecular weight excluding hydrogens is 487 g/mol. The second kappa shape index (κ2) is 10.3. The Labute approximate surface area is 219 Å². The van der Waals surface area contributed by atoms with Crippen LogP contribution in [0.5, 0.6) is 17.2 Å². The van der Waals surface area contributed by atoms with Crippen LogP contribution in [0.3, 0.4) is 0 Å². The summed E-state index contributed by atoms with van der Waals surface area (Å²) in [6, 6.07) is 16.9. The van der Waals surface area contributed by atoms with Gasteiger partial charge < -0.3 is 24.8 Å². The second-order valence-corrected chi connectivity index (χ2v) is 8.75. The van der Waals surface area contributed by atoms with E-state index in [9.17, 15) is 9.18 Å². The van der Waals surface area contributed by atoms with Crippen molar-refractivity contribution >= 4 is 23.1 Å². The minimum atomic E-state index is -0.440. The quantitative estimate of drug-likeness (QED) is 0.331. The molecule has 1 amide bonds. The number of hydrogen-bond acceptors (Lipinski definition) is 6. The maximum atomic E-state index is 13.4. The summed E-state index contributed by atoms with van der Waals surface area (Å²) in [5.41, 5.74) is 4.45. The third kappa shape index (κ3) is 4.54. The van der Waals surface area contributed by atoms with E-state index in [0.29, 0.717) is 34.3 Å². The minimum Gasteiger partial charge on any atom is -0.493 e. The highest BCUT2D eigenvalue weighted by Crippen LogP contribution is 2.45. The molecule has 1 aromatic heterocycles. The highest BCUT2D eigenvalue weighted by atomic mass is 19.1. The minimum absolute atomic E-state index is 0.330. The molecule has 0 aliphatic carbocycles. The number of allylic oxidation sites excluding steroid dienone is 1. The van der Waals surface area contributed by atoms with Gasteiger partial charge in [-0.05, 0) is 55.0 Å². The molecule has 1 aliphatic rings. The average molecular weight is 515 g/mol. The number of carbonyl (C=O) groups excluding carboxylic acids is 1. The number of anilines is 2. The van der Waals surface area contributed by atoms with Crippen molar-refractivity contribution in [3.8, 4) is 17.2 Å². The maximum absolute atomic E-state index is 13.4. The normalized spacial score (nSPS) is 14.1. The van der Waals surface area contributed by atoms with Gasteiger partial charge in [0.2, 0.25) is 5.75 Å². The molecule has 38 heavy (non-hydrogen) atoms. The number of hydrogen-bond donors (Lipinski definition) is 2. The van der Waals surface area contributed by atoms with Crippen LogP contribution in [0.2, 0.25) is 0 Å². The number of halogens is 1. The van der Waals surface area contributed by atoms with Gasteiger partial charge in [-0.2, -0.15) is 5.10 Å². The predicted octanol–water partition coefficient (Wildman–Crippen LogP) is 5.66. The lowest BCUT2D eigenvalue weighted by Crippen LogP contribution is -2.22. The van der Waals surface area contributed by atoms with E-state index in [-0.39, 0.29) is 11.7 Å². The number of ether oxygens (including phenoxy) is 3. The Kier molecular flexibility index (Phi) is 6.74. The van der Waals surface area contributed by atoms with Gasteiger partial charge in [-0.25, -0.2) is 9.07 Å². The van der Waals surface area contributed by atoms with Crippen molar-refractivity contribution in [2.75, 3.05) is 32.0 Å². The summed E-state index contributed by atoms with van der Waals surface area (Å²) in [4.78, 5) is 13.3. The fourth-order valence-electron chi connectivity index (χ4n) is 4.47. The number of fused-ring (bicyclic) bond motifs is 1. The monoisotopic (exact) mass is 514 g/mol. The summed E-state index contributed by atoms with van der Waals surface area (Å²) in [7, 11) is 4.68. The van der Waals surface area contributed by atoms with Crippen molar-refractivity contribution in [2.45, 2.75) is 13.0 Å². The highest BCUT2D eigenvalue weighted by Gasteiger charge is 2.31. The molecule has 3 aromatic carbocycles. The van der Waals surface area contributed by atoms with E-state index in [2.05, 4.69) is 15.7 Å². The van der Waals surface area contributed by atoms with Crippen molar-refractivity contribution < 1.29 is 23.4 Å². The lowest BCUT2D eigenvalue weighted by Gasteiger charge is -2.28. The van der Waals surface area contributed by atoms with Crippen molar-refractivity contribution in [1.82, 2.24) is 9.78 Å². The van der Waals surface area contributed by atoms with Gasteiger partial charge in [-0.15, -0.1) is 0 Å². The van der Waals surface area contributed by atoms with Crippen molar-refractivity contribution in [3.63, 3.8) is 0 Å². The SMILES string of the molecule is COc1ccc(C2C=C(c3ccc(C)cc3)Nc3c(C(=O)Nc4ccc(F)cc4)cnn32)c(OC)c1OC. The van der Waals surface area contributed by atoms with Gasteiger partial charge in [0.05, 0.1) is 27.5 Å². The van der Waals surface area contributed by atoms with Crippen LogP contribution in [-0.4, -0.2) is 37.0 Å². The number of methoxy groups -OCH3 is 3. The lowest BCUT2D eigenvalue weighted by atomic mass is 9.99. The summed E-state index contributed by atoms with van der Waals surface area (Å²) in [5.74, 6) is 1.23. The smallest absolute Gasteiger partial charge is 0.261 e. The third-order valence-electron chi connectivity index (χ3n) is 6.40. The molecule has 1 unspecified atom stereocenters. The van der Waals surface area contributed by atoms with Crippen LogP contribution in [-0.2, 0) is 0 Å². The number of nitrogens with zero attached hydrogens (tertiary/aromatic N) is 2. The molecule has 0 fully saturated rings. The van der Waals surface area contributed by atoms with Gasteiger partial charge >= 0.3 is 0 Å². The number of aromatic nitrogens is 2. The van der Waals surface area contributed by atoms with Crippen molar-refractivity contribution in [1.29, 1.82) is 0 Å². The standard InChI is InChI=1S/C29H27FN4O4/c1-17-5-7-18(8-6-17)23-15-24(21-13-14-25(36-2)27(38-4)26(21)37-3)34-28(33-23)22(16-31-34)29(35)32-20-11-9-19(30)10-12-20/h5-16,24,33H,1-4H3,(H,32,35). The van der Waals surface area contributed by atoms with Crippen LogP contribution in [0.15, 0.2) is 72.9 Å². The third-order valence-corrected chi connectivity index (χ3v) is 6.40. The first-order chi connectivity index (χ1) is 18.4. The largest absolute Gasteiger partial charge is 0.493 e. The Morgan fingerprint density at radius 1 is 0.947 bits per heavy atom. The molecular formula is C29H27FN4O4. The first-order valence-electron chi connectivity index (χ1n) is 11.9. The van der Waals surface area contributed by atoms with Gasteiger partial charge in [0.1, 0.15) is 23.2 Å². The van der Waals surface area contributed by atoms with Crippen LogP contribution >= 0.6 is 0 Å². The number of nitrogens with one attached hydrogen (secondary N) is 2. The van der Waals surface area contributed by atoms with Gasteiger partial charge in [-0.1, -0.05) is 29.8 Å². The molecule has 2 heterocycles. The van der Waals surface area contributed by atoms with E-state index in [4.69, 9.17) is 14.2 Å². The fraction of sp³-hybridized carbons (Fsp3) is 0.172.